The Morgan fingerprint density at radius 3 is 2.44 bits per heavy atom. The molecule has 5 rings (SSSR count). The van der Waals surface area contributed by atoms with Crippen LogP contribution in [0.25, 0.3) is 11.1 Å². The van der Waals surface area contributed by atoms with Gasteiger partial charge in [0.25, 0.3) is 15.9 Å². The summed E-state index contributed by atoms with van der Waals surface area (Å²) in [5.74, 6) is -3.86. The zero-order chi connectivity index (χ0) is 30.6. The summed E-state index contributed by atoms with van der Waals surface area (Å²) < 4.78 is 69.6. The van der Waals surface area contributed by atoms with Gasteiger partial charge in [0.05, 0.1) is 10.7 Å². The molecule has 0 saturated carbocycles. The molecule has 1 aliphatic rings. The molecule has 0 bridgehead atoms. The first kappa shape index (κ1) is 29.8. The van der Waals surface area contributed by atoms with E-state index in [-0.39, 0.29) is 22.8 Å². The maximum atomic E-state index is 14.9. The minimum absolute atomic E-state index is 0.0455. The monoisotopic (exact) mass is 624 g/mol. The van der Waals surface area contributed by atoms with E-state index < -0.39 is 56.5 Å². The van der Waals surface area contributed by atoms with Gasteiger partial charge in [-0.15, -0.1) is 0 Å². The Balaban J connectivity index is 1.46. The van der Waals surface area contributed by atoms with Crippen LogP contribution in [0.4, 0.5) is 14.5 Å². The number of amides is 1. The number of benzene rings is 3. The number of hydrogen-bond acceptors (Lipinski definition) is 6. The van der Waals surface area contributed by atoms with Gasteiger partial charge in [-0.25, -0.2) is 22.0 Å². The number of nitrogens with one attached hydrogen (secondary N) is 1. The van der Waals surface area contributed by atoms with E-state index in [4.69, 9.17) is 21.1 Å². The maximum Gasteiger partial charge on any atom is 0.344 e. The number of likely N-dealkylation sites (tertiary alicyclic amines) is 1. The molecule has 220 valence electrons. The van der Waals surface area contributed by atoms with Crippen molar-refractivity contribution in [1.82, 2.24) is 4.90 Å². The van der Waals surface area contributed by atoms with Gasteiger partial charge in [0, 0.05) is 30.3 Å². The van der Waals surface area contributed by atoms with Crippen LogP contribution in [0, 0.1) is 23.8 Å². The normalized spacial score (nSPS) is 12.6. The highest BCUT2D eigenvalue weighted by atomic mass is 35.5. The first-order valence-corrected chi connectivity index (χ1v) is 14.8. The van der Waals surface area contributed by atoms with Crippen molar-refractivity contribution < 1.29 is 36.3 Å². The fraction of sp³-hybridized carbons (Fsp3) is 0.161. The fourth-order valence-electron chi connectivity index (χ4n) is 4.21. The molecule has 12 heteroatoms. The maximum absolute atomic E-state index is 14.9. The second-order valence-electron chi connectivity index (χ2n) is 9.51. The molecule has 1 heterocycles. The van der Waals surface area contributed by atoms with E-state index in [0.717, 1.165) is 24.1 Å². The number of halogens is 3. The van der Waals surface area contributed by atoms with Gasteiger partial charge < -0.3 is 14.4 Å². The first-order valence-electron chi connectivity index (χ1n) is 13.0. The summed E-state index contributed by atoms with van der Waals surface area (Å²) in [6, 6.07) is 22.3. The van der Waals surface area contributed by atoms with E-state index in [1.165, 1.54) is 29.2 Å². The van der Waals surface area contributed by atoms with Gasteiger partial charge in [-0.05, 0) is 53.9 Å². The average Bonchev–Trinajstić information content (AvgIpc) is 2.96. The second kappa shape index (κ2) is 12.7. The average molecular weight is 625 g/mol. The molecule has 8 nitrogen and oxygen atoms in total. The molecule has 0 aliphatic carbocycles. The molecule has 1 N–H and O–H groups in total. The topological polar surface area (TPSA) is 102 Å². The molecule has 0 spiro atoms. The molecular weight excluding hydrogens is 602 g/mol. The van der Waals surface area contributed by atoms with Crippen LogP contribution in [0.1, 0.15) is 22.3 Å². The summed E-state index contributed by atoms with van der Waals surface area (Å²) in [7, 11) is -4.73. The van der Waals surface area contributed by atoms with Crippen LogP contribution in [0.5, 0.6) is 5.75 Å². The number of anilines is 1. The number of carbonyl (C=O) groups excluding carboxylic acids is 2. The van der Waals surface area contributed by atoms with E-state index in [0.29, 0.717) is 24.7 Å². The van der Waals surface area contributed by atoms with Gasteiger partial charge in [0.2, 0.25) is 0 Å². The Morgan fingerprint density at radius 2 is 1.77 bits per heavy atom. The van der Waals surface area contributed by atoms with Crippen molar-refractivity contribution in [2.75, 3.05) is 24.4 Å². The summed E-state index contributed by atoms with van der Waals surface area (Å²) in [5, 5.41) is -0.279. The predicted octanol–water partition coefficient (Wildman–Crippen LogP) is 5.65. The lowest BCUT2D eigenvalue weighted by molar-refractivity contribution is -0.147. The zero-order valence-corrected chi connectivity index (χ0v) is 24.0. The highest BCUT2D eigenvalue weighted by molar-refractivity contribution is 7.92. The molecule has 0 aromatic heterocycles. The molecule has 0 unspecified atom stereocenters. The molecule has 1 saturated heterocycles. The number of ether oxygens (including phenoxy) is 2. The summed E-state index contributed by atoms with van der Waals surface area (Å²) in [5.41, 5.74) is 0.303. The van der Waals surface area contributed by atoms with Gasteiger partial charge in [0.15, 0.2) is 12.4 Å². The van der Waals surface area contributed by atoms with Crippen molar-refractivity contribution in [3.63, 3.8) is 0 Å². The smallest absolute Gasteiger partial charge is 0.344 e. The fourth-order valence-corrected chi connectivity index (χ4v) is 5.79. The van der Waals surface area contributed by atoms with Crippen LogP contribution in [-0.4, -0.2) is 44.9 Å². The van der Waals surface area contributed by atoms with Crippen molar-refractivity contribution >= 4 is 39.2 Å². The third-order valence-electron chi connectivity index (χ3n) is 6.54. The second-order valence-corrected chi connectivity index (χ2v) is 11.6. The number of carbonyl (C=O) groups is 2. The van der Waals surface area contributed by atoms with Crippen LogP contribution < -0.4 is 9.46 Å². The van der Waals surface area contributed by atoms with E-state index in [1.54, 1.807) is 30.3 Å². The third kappa shape index (κ3) is 6.88. The highest BCUT2D eigenvalue weighted by Crippen LogP contribution is 2.37. The van der Waals surface area contributed by atoms with Crippen LogP contribution in [-0.2, 0) is 26.2 Å². The van der Waals surface area contributed by atoms with Gasteiger partial charge in [-0.3, -0.25) is 9.52 Å². The highest BCUT2D eigenvalue weighted by Gasteiger charge is 2.29. The van der Waals surface area contributed by atoms with Crippen LogP contribution in [0.15, 0.2) is 77.7 Å². The van der Waals surface area contributed by atoms with Crippen LogP contribution in [0.3, 0.4) is 0 Å². The summed E-state index contributed by atoms with van der Waals surface area (Å²) >= 11 is 6.40. The Morgan fingerprint density at radius 1 is 1.00 bits per heavy atom. The molecule has 4 aromatic rings. The van der Waals surface area contributed by atoms with E-state index >= 15 is 0 Å². The van der Waals surface area contributed by atoms with Crippen molar-refractivity contribution in [2.45, 2.75) is 17.9 Å². The van der Waals surface area contributed by atoms with E-state index in [2.05, 4.69) is 16.9 Å². The van der Waals surface area contributed by atoms with Crippen molar-refractivity contribution in [2.24, 2.45) is 0 Å². The largest absolute Gasteiger partial charge is 0.479 e. The molecule has 1 fully saturated rings. The Bertz CT molecular complexity index is 1770. The summed E-state index contributed by atoms with van der Waals surface area (Å²) in [4.78, 5) is 26.2. The number of nitrogens with zero attached hydrogens (tertiary/aromatic N) is 1. The van der Waals surface area contributed by atoms with Crippen LogP contribution in [0.2, 0.25) is 5.02 Å². The number of esters is 1. The lowest BCUT2D eigenvalue weighted by atomic mass is 10.1. The minimum atomic E-state index is -4.73. The van der Waals surface area contributed by atoms with Gasteiger partial charge in [-0.1, -0.05) is 54.1 Å². The number of sulfonamides is 1. The quantitative estimate of drug-likeness (QED) is 0.229. The number of rotatable bonds is 10. The van der Waals surface area contributed by atoms with E-state index in [9.17, 15) is 26.8 Å². The molecular formula is C31H23ClF2N2O6S. The zero-order valence-electron chi connectivity index (χ0n) is 22.4. The Hall–Kier alpha value is -4.66. The van der Waals surface area contributed by atoms with Gasteiger partial charge in [0.1, 0.15) is 23.1 Å². The van der Waals surface area contributed by atoms with Crippen molar-refractivity contribution in [1.29, 1.82) is 0 Å². The van der Waals surface area contributed by atoms with Crippen molar-refractivity contribution in [3.8, 4) is 16.9 Å². The summed E-state index contributed by atoms with van der Waals surface area (Å²) in [6.07, 6.45) is 0.794. The minimum Gasteiger partial charge on any atom is -0.479 e. The van der Waals surface area contributed by atoms with Crippen LogP contribution >= 0.6 is 11.6 Å². The summed E-state index contributed by atoms with van der Waals surface area (Å²) in [6.45, 7) is 0.211. The van der Waals surface area contributed by atoms with Gasteiger partial charge >= 0.3 is 5.97 Å². The Kier molecular flexibility index (Phi) is 8.80. The lowest BCUT2D eigenvalue weighted by Crippen LogP contribution is -2.42. The third-order valence-corrected chi connectivity index (χ3v) is 8.19. The predicted molar refractivity (Wildman–Crippen MR) is 154 cm³/mol. The SMILES string of the molecule is O=C(COc1c(Cl)cc(C(=O)N2CCC2)cc1S(=O)(=O)Nc1cc(-c2cc#ccc2)c(F)cc1F)OCc1ccccc1. The Labute approximate surface area is 251 Å². The lowest BCUT2D eigenvalue weighted by Gasteiger charge is -2.31. The molecule has 0 atom stereocenters. The standard InChI is InChI=1S/C31H23ClF2N2O6S/c32-24-14-22(31(38)36-12-7-13-36)15-28(30(24)42-19-29(37)41-18-20-8-3-1-4-9-20)43(39,40)35-27-16-23(25(33)17-26(27)34)21-10-5-2-6-11-21/h1,3-5,8-11,14-17,35H,7,12-13,18-19H2. The van der Waals surface area contributed by atoms with Gasteiger partial charge in [-0.2, -0.15) is 0 Å². The molecule has 1 aliphatic heterocycles. The van der Waals surface area contributed by atoms with E-state index in [1.807, 2.05) is 0 Å². The first-order chi connectivity index (χ1) is 20.6. The van der Waals surface area contributed by atoms with Crippen molar-refractivity contribution in [3.05, 3.63) is 113 Å². The molecule has 4 aromatic carbocycles. The molecule has 0 radical (unpaired) electrons. The molecule has 1 amide bonds. The number of hydrogen-bond donors (Lipinski definition) is 1. The molecule has 43 heavy (non-hydrogen) atoms.